The number of carbonyl (C=O) groups is 1. The van der Waals surface area contributed by atoms with E-state index < -0.39 is 0 Å². The van der Waals surface area contributed by atoms with Gasteiger partial charge in [0.15, 0.2) is 5.96 Å². The maximum absolute atomic E-state index is 11.6. The molecule has 132 valence electrons. The average Bonchev–Trinajstić information content (AvgIpc) is 2.57. The van der Waals surface area contributed by atoms with E-state index in [9.17, 15) is 9.90 Å². The highest BCUT2D eigenvalue weighted by molar-refractivity contribution is 5.81. The van der Waals surface area contributed by atoms with E-state index >= 15 is 0 Å². The van der Waals surface area contributed by atoms with E-state index in [-0.39, 0.29) is 11.9 Å². The standard InChI is InChI=1S/C18H28N4O2/c1-3-19-18(21-15-8-11-17(24)22(2)13-15)20-12-4-5-14-6-9-16(23)10-7-14/h6-7,9-10,15,23H,3-5,8,11-13H2,1-2H3,(H2,19,20,21). The monoisotopic (exact) mass is 332 g/mol. The molecule has 1 aliphatic rings. The largest absolute Gasteiger partial charge is 0.508 e. The van der Waals surface area contributed by atoms with E-state index in [0.29, 0.717) is 12.2 Å². The third kappa shape index (κ3) is 5.76. The molecule has 1 aromatic rings. The van der Waals surface area contributed by atoms with Gasteiger partial charge in [-0.15, -0.1) is 0 Å². The Balaban J connectivity index is 1.79. The van der Waals surface area contributed by atoms with Crippen molar-refractivity contribution >= 4 is 11.9 Å². The van der Waals surface area contributed by atoms with Gasteiger partial charge in [-0.1, -0.05) is 12.1 Å². The number of aromatic hydroxyl groups is 1. The molecule has 0 radical (unpaired) electrons. The summed E-state index contributed by atoms with van der Waals surface area (Å²) in [5.74, 6) is 1.33. The molecule has 6 nitrogen and oxygen atoms in total. The summed E-state index contributed by atoms with van der Waals surface area (Å²) in [5, 5.41) is 16.0. The van der Waals surface area contributed by atoms with E-state index in [1.54, 1.807) is 17.0 Å². The highest BCUT2D eigenvalue weighted by atomic mass is 16.3. The molecule has 1 aliphatic heterocycles. The second-order valence-corrected chi connectivity index (χ2v) is 6.18. The van der Waals surface area contributed by atoms with E-state index in [1.165, 1.54) is 5.56 Å². The quantitative estimate of drug-likeness (QED) is 0.419. The van der Waals surface area contributed by atoms with Gasteiger partial charge in [0.25, 0.3) is 0 Å². The summed E-state index contributed by atoms with van der Waals surface area (Å²) in [5.41, 5.74) is 1.20. The Labute approximate surface area is 144 Å². The molecule has 3 N–H and O–H groups in total. The highest BCUT2D eigenvalue weighted by Gasteiger charge is 2.23. The molecule has 1 atom stereocenters. The minimum absolute atomic E-state index is 0.212. The minimum atomic E-state index is 0.212. The molecule has 0 saturated carbocycles. The molecule has 24 heavy (non-hydrogen) atoms. The van der Waals surface area contributed by atoms with Gasteiger partial charge in [0.2, 0.25) is 5.91 Å². The Kier molecular flexibility index (Phi) is 6.90. The van der Waals surface area contributed by atoms with Gasteiger partial charge in [-0.25, -0.2) is 0 Å². The van der Waals surface area contributed by atoms with Crippen molar-refractivity contribution in [2.45, 2.75) is 38.6 Å². The summed E-state index contributed by atoms with van der Waals surface area (Å²) in [4.78, 5) is 18.0. The summed E-state index contributed by atoms with van der Waals surface area (Å²) >= 11 is 0. The Morgan fingerprint density at radius 1 is 1.38 bits per heavy atom. The summed E-state index contributed by atoms with van der Waals surface area (Å²) in [7, 11) is 1.85. The average molecular weight is 332 g/mol. The van der Waals surface area contributed by atoms with E-state index in [0.717, 1.165) is 44.9 Å². The molecule has 6 heteroatoms. The number of amides is 1. The number of carbonyl (C=O) groups excluding carboxylic acids is 1. The van der Waals surface area contributed by atoms with Crippen molar-refractivity contribution in [3.05, 3.63) is 29.8 Å². The Morgan fingerprint density at radius 2 is 2.12 bits per heavy atom. The summed E-state index contributed by atoms with van der Waals surface area (Å²) in [6.07, 6.45) is 3.32. The van der Waals surface area contributed by atoms with Gasteiger partial charge in [0.1, 0.15) is 5.75 Å². The lowest BCUT2D eigenvalue weighted by molar-refractivity contribution is -0.132. The maximum atomic E-state index is 11.6. The summed E-state index contributed by atoms with van der Waals surface area (Å²) in [6.45, 7) is 4.31. The number of guanidine groups is 1. The maximum Gasteiger partial charge on any atom is 0.222 e. The van der Waals surface area contributed by atoms with Crippen LogP contribution in [-0.4, -0.2) is 54.6 Å². The van der Waals surface area contributed by atoms with Crippen LogP contribution in [0.5, 0.6) is 5.75 Å². The number of hydrogen-bond acceptors (Lipinski definition) is 3. The number of phenolic OH excluding ortho intramolecular Hbond substituents is 1. The Bertz CT molecular complexity index is 557. The van der Waals surface area contributed by atoms with Gasteiger partial charge in [-0.05, 0) is 43.9 Å². The van der Waals surface area contributed by atoms with Gasteiger partial charge in [0.05, 0.1) is 0 Å². The lowest BCUT2D eigenvalue weighted by Gasteiger charge is -2.31. The Hall–Kier alpha value is -2.24. The molecule has 1 aromatic carbocycles. The topological polar surface area (TPSA) is 77.0 Å². The molecular weight excluding hydrogens is 304 g/mol. The number of aliphatic imine (C=N–C) groups is 1. The number of piperidine rings is 1. The number of hydrogen-bond donors (Lipinski definition) is 3. The van der Waals surface area contributed by atoms with Gasteiger partial charge >= 0.3 is 0 Å². The zero-order valence-electron chi connectivity index (χ0n) is 14.6. The zero-order chi connectivity index (χ0) is 17.4. The predicted octanol–water partition coefficient (Wildman–Crippen LogP) is 1.50. The molecule has 1 saturated heterocycles. The third-order valence-corrected chi connectivity index (χ3v) is 4.14. The smallest absolute Gasteiger partial charge is 0.222 e. The number of likely N-dealkylation sites (tertiary alicyclic amines) is 1. The molecule has 0 aliphatic carbocycles. The fourth-order valence-electron chi connectivity index (χ4n) is 2.78. The highest BCUT2D eigenvalue weighted by Crippen LogP contribution is 2.11. The second kappa shape index (κ2) is 9.15. The first-order chi connectivity index (χ1) is 11.6. The number of phenols is 1. The van der Waals surface area contributed by atoms with Crippen LogP contribution >= 0.6 is 0 Å². The number of rotatable bonds is 6. The van der Waals surface area contributed by atoms with Crippen LogP contribution in [0.4, 0.5) is 0 Å². The lowest BCUT2D eigenvalue weighted by Crippen LogP contribution is -2.51. The molecule has 1 unspecified atom stereocenters. The first kappa shape index (κ1) is 18.1. The molecule has 1 heterocycles. The van der Waals surface area contributed by atoms with Crippen LogP contribution < -0.4 is 10.6 Å². The molecule has 2 rings (SSSR count). The van der Waals surface area contributed by atoms with Crippen molar-refractivity contribution in [2.75, 3.05) is 26.7 Å². The van der Waals surface area contributed by atoms with Crippen LogP contribution in [0.15, 0.2) is 29.3 Å². The first-order valence-corrected chi connectivity index (χ1v) is 8.65. The van der Waals surface area contributed by atoms with Crippen molar-refractivity contribution < 1.29 is 9.90 Å². The van der Waals surface area contributed by atoms with Crippen molar-refractivity contribution in [2.24, 2.45) is 4.99 Å². The van der Waals surface area contributed by atoms with E-state index in [4.69, 9.17) is 0 Å². The first-order valence-electron chi connectivity index (χ1n) is 8.65. The van der Waals surface area contributed by atoms with Crippen LogP contribution in [0, 0.1) is 0 Å². The van der Waals surface area contributed by atoms with Gasteiger partial charge < -0.3 is 20.6 Å². The summed E-state index contributed by atoms with van der Waals surface area (Å²) < 4.78 is 0. The summed E-state index contributed by atoms with van der Waals surface area (Å²) in [6, 6.07) is 7.56. The van der Waals surface area contributed by atoms with Gasteiger partial charge in [0, 0.05) is 39.1 Å². The number of likely N-dealkylation sites (N-methyl/N-ethyl adjacent to an activating group) is 1. The van der Waals surface area contributed by atoms with Gasteiger partial charge in [-0.3, -0.25) is 9.79 Å². The molecular formula is C18H28N4O2. The molecule has 1 fully saturated rings. The van der Waals surface area contributed by atoms with Gasteiger partial charge in [-0.2, -0.15) is 0 Å². The minimum Gasteiger partial charge on any atom is -0.508 e. The van der Waals surface area contributed by atoms with Crippen LogP contribution in [0.25, 0.3) is 0 Å². The SMILES string of the molecule is CCNC(=NCCCc1ccc(O)cc1)NC1CCC(=O)N(C)C1. The number of aryl methyl sites for hydroxylation is 1. The van der Waals surface area contributed by atoms with E-state index in [1.807, 2.05) is 26.1 Å². The van der Waals surface area contributed by atoms with Crippen molar-refractivity contribution in [1.29, 1.82) is 0 Å². The van der Waals surface area contributed by atoms with Crippen LogP contribution in [0.2, 0.25) is 0 Å². The van der Waals surface area contributed by atoms with Crippen molar-refractivity contribution in [3.8, 4) is 5.75 Å². The van der Waals surface area contributed by atoms with Crippen molar-refractivity contribution in [1.82, 2.24) is 15.5 Å². The number of nitrogens with zero attached hydrogens (tertiary/aromatic N) is 2. The molecule has 1 amide bonds. The Morgan fingerprint density at radius 3 is 2.79 bits per heavy atom. The molecule has 0 spiro atoms. The normalized spacial score (nSPS) is 18.6. The fourth-order valence-corrected chi connectivity index (χ4v) is 2.78. The predicted molar refractivity (Wildman–Crippen MR) is 96.2 cm³/mol. The molecule has 0 bridgehead atoms. The van der Waals surface area contributed by atoms with Crippen LogP contribution in [0.1, 0.15) is 31.7 Å². The number of nitrogens with one attached hydrogen (secondary N) is 2. The second-order valence-electron chi connectivity index (χ2n) is 6.18. The molecule has 0 aromatic heterocycles. The number of benzene rings is 1. The third-order valence-electron chi connectivity index (χ3n) is 4.14. The van der Waals surface area contributed by atoms with Crippen molar-refractivity contribution in [3.63, 3.8) is 0 Å². The van der Waals surface area contributed by atoms with Crippen LogP contribution in [-0.2, 0) is 11.2 Å². The van der Waals surface area contributed by atoms with E-state index in [2.05, 4.69) is 15.6 Å². The zero-order valence-corrected chi connectivity index (χ0v) is 14.6. The van der Waals surface area contributed by atoms with Crippen LogP contribution in [0.3, 0.4) is 0 Å². The fraction of sp³-hybridized carbons (Fsp3) is 0.556. The lowest BCUT2D eigenvalue weighted by atomic mass is 10.1.